The molecule has 0 aliphatic rings. The van der Waals surface area contributed by atoms with Gasteiger partial charge in [-0.3, -0.25) is 0 Å². The molecule has 0 bridgehead atoms. The molecule has 0 fully saturated rings. The second-order valence-electron chi connectivity index (χ2n) is 3.93. The highest BCUT2D eigenvalue weighted by Gasteiger charge is 2.07. The van der Waals surface area contributed by atoms with Gasteiger partial charge in [0.15, 0.2) is 0 Å². The lowest BCUT2D eigenvalue weighted by atomic mass is 10.3. The zero-order valence-corrected chi connectivity index (χ0v) is 11.6. The fourth-order valence-electron chi connectivity index (χ4n) is 1.40. The van der Waals surface area contributed by atoms with Crippen LogP contribution in [0.4, 0.5) is 10.1 Å². The average Bonchev–Trinajstić information content (AvgIpc) is 2.37. The average molecular weight is 292 g/mol. The Morgan fingerprint density at radius 3 is 2.79 bits per heavy atom. The number of benzene rings is 1. The Morgan fingerprint density at radius 1 is 1.37 bits per heavy atom. The fraction of sp³-hybridized carbons (Fsp3) is 0.538. The van der Waals surface area contributed by atoms with E-state index in [0.29, 0.717) is 30.5 Å². The Labute approximate surface area is 117 Å². The van der Waals surface area contributed by atoms with E-state index in [0.717, 1.165) is 0 Å². The third-order valence-corrected chi connectivity index (χ3v) is 2.58. The van der Waals surface area contributed by atoms with E-state index in [2.05, 4.69) is 5.32 Å². The maximum atomic E-state index is 13.4. The summed E-state index contributed by atoms with van der Waals surface area (Å²) in [5.41, 5.74) is 0.303. The molecule has 1 aromatic carbocycles. The number of nitrogens with one attached hydrogen (secondary N) is 1. The SMILES string of the molecule is CCOCCOCC(O)CNc1ccc(Cl)cc1F. The van der Waals surface area contributed by atoms with Crippen molar-refractivity contribution >= 4 is 17.3 Å². The van der Waals surface area contributed by atoms with Gasteiger partial charge in [-0.2, -0.15) is 0 Å². The molecule has 0 saturated heterocycles. The van der Waals surface area contributed by atoms with Crippen molar-refractivity contribution in [2.75, 3.05) is 38.3 Å². The molecule has 1 rings (SSSR count). The summed E-state index contributed by atoms with van der Waals surface area (Å²) in [6.07, 6.45) is -0.711. The Balaban J connectivity index is 2.20. The first-order chi connectivity index (χ1) is 9.13. The van der Waals surface area contributed by atoms with E-state index >= 15 is 0 Å². The number of halogens is 2. The molecule has 2 N–H and O–H groups in total. The predicted molar refractivity (Wildman–Crippen MR) is 73.2 cm³/mol. The van der Waals surface area contributed by atoms with Crippen molar-refractivity contribution in [1.29, 1.82) is 0 Å². The first-order valence-corrected chi connectivity index (χ1v) is 6.53. The number of hydrogen-bond donors (Lipinski definition) is 2. The lowest BCUT2D eigenvalue weighted by Gasteiger charge is -2.13. The molecular weight excluding hydrogens is 273 g/mol. The zero-order valence-electron chi connectivity index (χ0n) is 10.9. The Bertz CT molecular complexity index is 379. The minimum atomic E-state index is -0.711. The summed E-state index contributed by atoms with van der Waals surface area (Å²) in [5.74, 6) is -0.447. The maximum Gasteiger partial charge on any atom is 0.147 e. The molecule has 1 aromatic rings. The van der Waals surface area contributed by atoms with Gasteiger partial charge in [-0.05, 0) is 25.1 Å². The van der Waals surface area contributed by atoms with Crippen LogP contribution in [0.5, 0.6) is 0 Å². The molecule has 0 saturated carbocycles. The molecule has 0 heterocycles. The maximum absolute atomic E-state index is 13.4. The van der Waals surface area contributed by atoms with Crippen molar-refractivity contribution in [3.63, 3.8) is 0 Å². The molecule has 6 heteroatoms. The quantitative estimate of drug-likeness (QED) is 0.686. The highest BCUT2D eigenvalue weighted by molar-refractivity contribution is 6.30. The molecule has 1 atom stereocenters. The number of aliphatic hydroxyl groups is 1. The molecule has 0 aromatic heterocycles. The van der Waals surface area contributed by atoms with E-state index < -0.39 is 11.9 Å². The lowest BCUT2D eigenvalue weighted by molar-refractivity contribution is 0.0103. The standard InChI is InChI=1S/C13H19ClFNO3/c1-2-18-5-6-19-9-11(17)8-16-13-4-3-10(14)7-12(13)15/h3-4,7,11,16-17H,2,5-6,8-9H2,1H3. The largest absolute Gasteiger partial charge is 0.389 e. The summed E-state index contributed by atoms with van der Waals surface area (Å²) in [7, 11) is 0. The Hall–Kier alpha value is -0.880. The summed E-state index contributed by atoms with van der Waals surface area (Å²) < 4.78 is 23.7. The van der Waals surface area contributed by atoms with Crippen LogP contribution in [0, 0.1) is 5.82 Å². The zero-order chi connectivity index (χ0) is 14.1. The van der Waals surface area contributed by atoms with Crippen LogP contribution in [0.15, 0.2) is 18.2 Å². The first-order valence-electron chi connectivity index (χ1n) is 6.16. The first kappa shape index (κ1) is 16.2. The molecule has 0 radical (unpaired) electrons. The molecule has 1 unspecified atom stereocenters. The van der Waals surface area contributed by atoms with E-state index in [1.165, 1.54) is 12.1 Å². The van der Waals surface area contributed by atoms with Crippen LogP contribution in [0.2, 0.25) is 5.02 Å². The number of rotatable bonds is 9. The number of anilines is 1. The van der Waals surface area contributed by atoms with Gasteiger partial charge in [0.2, 0.25) is 0 Å². The molecule has 0 amide bonds. The van der Waals surface area contributed by atoms with Gasteiger partial charge in [-0.15, -0.1) is 0 Å². The van der Waals surface area contributed by atoms with Gasteiger partial charge in [0, 0.05) is 18.2 Å². The van der Waals surface area contributed by atoms with Gasteiger partial charge in [-0.1, -0.05) is 11.6 Å². The monoisotopic (exact) mass is 291 g/mol. The third kappa shape index (κ3) is 6.73. The predicted octanol–water partition coefficient (Wildman–Crippen LogP) is 2.30. The van der Waals surface area contributed by atoms with E-state index in [4.69, 9.17) is 21.1 Å². The second kappa shape index (κ2) is 9.09. The van der Waals surface area contributed by atoms with E-state index in [-0.39, 0.29) is 13.2 Å². The van der Waals surface area contributed by atoms with E-state index in [1.807, 2.05) is 6.92 Å². The fourth-order valence-corrected chi connectivity index (χ4v) is 1.56. The van der Waals surface area contributed by atoms with Gasteiger partial charge in [0.25, 0.3) is 0 Å². The minimum absolute atomic E-state index is 0.176. The summed E-state index contributed by atoms with van der Waals surface area (Å²) in [4.78, 5) is 0. The van der Waals surface area contributed by atoms with Crippen LogP contribution in [0.1, 0.15) is 6.92 Å². The summed E-state index contributed by atoms with van der Waals surface area (Å²) in [6.45, 7) is 3.86. The molecule has 0 aliphatic carbocycles. The molecule has 19 heavy (non-hydrogen) atoms. The van der Waals surface area contributed by atoms with Gasteiger partial charge in [-0.25, -0.2) is 4.39 Å². The molecule has 0 aliphatic heterocycles. The summed E-state index contributed by atoms with van der Waals surface area (Å²) >= 11 is 5.64. The Morgan fingerprint density at radius 2 is 2.11 bits per heavy atom. The molecule has 0 spiro atoms. The normalized spacial score (nSPS) is 12.4. The summed E-state index contributed by atoms with van der Waals surface area (Å²) in [6, 6.07) is 4.33. The van der Waals surface area contributed by atoms with Gasteiger partial charge < -0.3 is 19.9 Å². The topological polar surface area (TPSA) is 50.7 Å². The van der Waals surface area contributed by atoms with Crippen molar-refractivity contribution in [2.24, 2.45) is 0 Å². The van der Waals surface area contributed by atoms with E-state index in [9.17, 15) is 9.50 Å². The van der Waals surface area contributed by atoms with Crippen molar-refractivity contribution in [3.05, 3.63) is 29.0 Å². The van der Waals surface area contributed by atoms with Crippen LogP contribution < -0.4 is 5.32 Å². The van der Waals surface area contributed by atoms with Gasteiger partial charge in [0.05, 0.1) is 31.6 Å². The Kier molecular flexibility index (Phi) is 7.74. The molecule has 4 nitrogen and oxygen atoms in total. The third-order valence-electron chi connectivity index (χ3n) is 2.35. The lowest BCUT2D eigenvalue weighted by Crippen LogP contribution is -2.26. The number of ether oxygens (including phenoxy) is 2. The van der Waals surface area contributed by atoms with Crippen LogP contribution in [-0.2, 0) is 9.47 Å². The van der Waals surface area contributed by atoms with Crippen molar-refractivity contribution < 1.29 is 19.0 Å². The molecular formula is C13H19ClFNO3. The smallest absolute Gasteiger partial charge is 0.147 e. The molecule has 108 valence electrons. The minimum Gasteiger partial charge on any atom is -0.389 e. The number of hydrogen-bond acceptors (Lipinski definition) is 4. The van der Waals surface area contributed by atoms with Crippen LogP contribution >= 0.6 is 11.6 Å². The second-order valence-corrected chi connectivity index (χ2v) is 4.37. The number of aliphatic hydroxyl groups excluding tert-OH is 1. The van der Waals surface area contributed by atoms with Gasteiger partial charge >= 0.3 is 0 Å². The highest BCUT2D eigenvalue weighted by Crippen LogP contribution is 2.18. The van der Waals surface area contributed by atoms with Crippen molar-refractivity contribution in [1.82, 2.24) is 0 Å². The van der Waals surface area contributed by atoms with Crippen molar-refractivity contribution in [2.45, 2.75) is 13.0 Å². The summed E-state index contributed by atoms with van der Waals surface area (Å²) in [5, 5.41) is 12.8. The van der Waals surface area contributed by atoms with Crippen LogP contribution in [-0.4, -0.2) is 44.2 Å². The van der Waals surface area contributed by atoms with Gasteiger partial charge in [0.1, 0.15) is 5.82 Å². The van der Waals surface area contributed by atoms with Crippen LogP contribution in [0.25, 0.3) is 0 Å². The van der Waals surface area contributed by atoms with Crippen molar-refractivity contribution in [3.8, 4) is 0 Å². The van der Waals surface area contributed by atoms with E-state index in [1.54, 1.807) is 6.07 Å². The van der Waals surface area contributed by atoms with Crippen LogP contribution in [0.3, 0.4) is 0 Å². The highest BCUT2D eigenvalue weighted by atomic mass is 35.5.